The predicted octanol–water partition coefficient (Wildman–Crippen LogP) is -0.0302. The van der Waals surface area contributed by atoms with Gasteiger partial charge in [-0.1, -0.05) is 0 Å². The first-order chi connectivity index (χ1) is 8.47. The van der Waals surface area contributed by atoms with Crippen LogP contribution >= 0.6 is 0 Å². The zero-order chi connectivity index (χ0) is 13.3. The minimum atomic E-state index is -0.537. The molecule has 0 bridgehead atoms. The quantitative estimate of drug-likeness (QED) is 0.696. The van der Waals surface area contributed by atoms with Crippen molar-refractivity contribution in [3.63, 3.8) is 0 Å². The molecule has 1 aliphatic carbocycles. The lowest BCUT2D eigenvalue weighted by atomic mass is 9.82. The summed E-state index contributed by atoms with van der Waals surface area (Å²) in [7, 11) is 1.86. The van der Waals surface area contributed by atoms with E-state index >= 15 is 0 Å². The Morgan fingerprint density at radius 2 is 2.28 bits per heavy atom. The van der Waals surface area contributed by atoms with Crippen molar-refractivity contribution in [2.24, 2.45) is 11.7 Å². The fourth-order valence-corrected chi connectivity index (χ4v) is 2.28. The van der Waals surface area contributed by atoms with Crippen LogP contribution in [-0.2, 0) is 0 Å². The zero-order valence-corrected chi connectivity index (χ0v) is 10.3. The summed E-state index contributed by atoms with van der Waals surface area (Å²) in [4.78, 5) is 17.4. The van der Waals surface area contributed by atoms with Crippen LogP contribution in [0.5, 0.6) is 0 Å². The van der Waals surface area contributed by atoms with E-state index in [9.17, 15) is 9.90 Å². The highest BCUT2D eigenvalue weighted by atomic mass is 16.3. The fourth-order valence-electron chi connectivity index (χ4n) is 2.28. The highest BCUT2D eigenvalue weighted by Gasteiger charge is 2.29. The molecular weight excluding hydrogens is 232 g/mol. The van der Waals surface area contributed by atoms with Crippen LogP contribution in [0.15, 0.2) is 12.3 Å². The van der Waals surface area contributed by atoms with Crippen LogP contribution in [0.2, 0.25) is 0 Å². The Labute approximate surface area is 106 Å². The van der Waals surface area contributed by atoms with Gasteiger partial charge in [-0.2, -0.15) is 0 Å². The summed E-state index contributed by atoms with van der Waals surface area (Å²) in [6.07, 6.45) is 2.92. The van der Waals surface area contributed by atoms with Crippen molar-refractivity contribution < 1.29 is 9.90 Å². The number of aliphatic hydroxyl groups is 1. The van der Waals surface area contributed by atoms with Crippen LogP contribution in [0.3, 0.4) is 0 Å². The average molecular weight is 250 g/mol. The third kappa shape index (κ3) is 2.53. The lowest BCUT2D eigenvalue weighted by molar-refractivity contribution is 0.0464. The molecule has 5 N–H and O–H groups in total. The van der Waals surface area contributed by atoms with E-state index in [0.29, 0.717) is 23.0 Å². The molecule has 6 heteroatoms. The molecule has 1 amide bonds. The van der Waals surface area contributed by atoms with Gasteiger partial charge < -0.3 is 21.5 Å². The van der Waals surface area contributed by atoms with E-state index in [-0.39, 0.29) is 6.10 Å². The first-order valence-corrected chi connectivity index (χ1v) is 5.92. The van der Waals surface area contributed by atoms with Gasteiger partial charge >= 0.3 is 0 Å². The minimum absolute atomic E-state index is 0.182. The molecule has 0 radical (unpaired) electrons. The number of hydrogen-bond donors (Lipinski definition) is 3. The molecule has 1 heterocycles. The molecule has 2 rings (SSSR count). The smallest absolute Gasteiger partial charge is 0.252 e. The second-order valence-electron chi connectivity index (χ2n) is 4.88. The van der Waals surface area contributed by atoms with E-state index in [2.05, 4.69) is 4.98 Å². The molecule has 18 heavy (non-hydrogen) atoms. The van der Waals surface area contributed by atoms with Gasteiger partial charge in [-0.05, 0) is 24.8 Å². The van der Waals surface area contributed by atoms with Gasteiger partial charge in [0.2, 0.25) is 0 Å². The van der Waals surface area contributed by atoms with Crippen LogP contribution < -0.4 is 16.4 Å². The third-order valence-electron chi connectivity index (χ3n) is 3.26. The topological polar surface area (TPSA) is 105 Å². The van der Waals surface area contributed by atoms with E-state index in [1.54, 1.807) is 0 Å². The number of primary amides is 1. The van der Waals surface area contributed by atoms with E-state index in [1.807, 2.05) is 11.9 Å². The minimum Gasteiger partial charge on any atom is -0.397 e. The van der Waals surface area contributed by atoms with Crippen molar-refractivity contribution in [2.45, 2.75) is 18.9 Å². The predicted molar refractivity (Wildman–Crippen MR) is 69.2 cm³/mol. The number of aliphatic hydroxyl groups excluding tert-OH is 1. The van der Waals surface area contributed by atoms with Crippen LogP contribution in [-0.4, -0.2) is 35.7 Å². The third-order valence-corrected chi connectivity index (χ3v) is 3.26. The molecule has 0 saturated heterocycles. The standard InChI is InChI=1S/C12H18N4O2/c1-16(6-7-2-9(17)3-7)12-10(11(14)18)4-8(13)5-15-12/h4-5,7,9,17H,2-3,6,13H2,1H3,(H2,14,18). The second kappa shape index (κ2) is 4.81. The first-order valence-electron chi connectivity index (χ1n) is 5.92. The maximum absolute atomic E-state index is 11.4. The molecule has 1 aliphatic rings. The summed E-state index contributed by atoms with van der Waals surface area (Å²) >= 11 is 0. The van der Waals surface area contributed by atoms with Gasteiger partial charge in [-0.15, -0.1) is 0 Å². The number of nitrogens with two attached hydrogens (primary N) is 2. The number of rotatable bonds is 4. The Balaban J connectivity index is 2.13. The Bertz CT molecular complexity index is 457. The molecule has 0 aromatic carbocycles. The number of carbonyl (C=O) groups is 1. The second-order valence-corrected chi connectivity index (χ2v) is 4.88. The Kier molecular flexibility index (Phi) is 3.38. The molecular formula is C12H18N4O2. The maximum Gasteiger partial charge on any atom is 0.252 e. The molecule has 1 aromatic rings. The molecule has 0 unspecified atom stereocenters. The first kappa shape index (κ1) is 12.6. The number of hydrogen-bond acceptors (Lipinski definition) is 5. The number of nitrogen functional groups attached to an aromatic ring is 1. The summed E-state index contributed by atoms with van der Waals surface area (Å²) in [6, 6.07) is 1.54. The van der Waals surface area contributed by atoms with Gasteiger partial charge in [0, 0.05) is 13.6 Å². The largest absolute Gasteiger partial charge is 0.397 e. The molecule has 1 fully saturated rings. The molecule has 0 spiro atoms. The molecule has 1 saturated carbocycles. The average Bonchev–Trinajstić information content (AvgIpc) is 2.26. The van der Waals surface area contributed by atoms with Crippen molar-refractivity contribution in [3.05, 3.63) is 17.8 Å². The summed E-state index contributed by atoms with van der Waals surface area (Å²) in [5.74, 6) is 0.438. The highest BCUT2D eigenvalue weighted by Crippen LogP contribution is 2.29. The summed E-state index contributed by atoms with van der Waals surface area (Å²) in [6.45, 7) is 0.744. The van der Waals surface area contributed by atoms with Gasteiger partial charge in [0.1, 0.15) is 5.82 Å². The fraction of sp³-hybridized carbons (Fsp3) is 0.500. The van der Waals surface area contributed by atoms with Gasteiger partial charge in [0.25, 0.3) is 5.91 Å². The molecule has 0 aliphatic heterocycles. The number of aromatic nitrogens is 1. The SMILES string of the molecule is CN(CC1CC(O)C1)c1ncc(N)cc1C(N)=O. The van der Waals surface area contributed by atoms with E-state index in [4.69, 9.17) is 11.5 Å². The van der Waals surface area contributed by atoms with Crippen LogP contribution in [0.25, 0.3) is 0 Å². The Morgan fingerprint density at radius 3 is 2.83 bits per heavy atom. The van der Waals surface area contributed by atoms with Gasteiger partial charge in [0.15, 0.2) is 0 Å². The molecule has 98 valence electrons. The summed E-state index contributed by atoms with van der Waals surface area (Å²) < 4.78 is 0. The molecule has 1 aromatic heterocycles. The van der Waals surface area contributed by atoms with Crippen molar-refractivity contribution in [1.82, 2.24) is 4.98 Å². The number of amides is 1. The number of anilines is 2. The maximum atomic E-state index is 11.4. The van der Waals surface area contributed by atoms with Crippen molar-refractivity contribution in [2.75, 3.05) is 24.2 Å². The normalized spacial score (nSPS) is 22.3. The van der Waals surface area contributed by atoms with E-state index < -0.39 is 5.91 Å². The van der Waals surface area contributed by atoms with Crippen molar-refractivity contribution >= 4 is 17.4 Å². The lowest BCUT2D eigenvalue weighted by Crippen LogP contribution is -2.38. The van der Waals surface area contributed by atoms with Gasteiger partial charge in [-0.3, -0.25) is 4.79 Å². The molecule has 0 atom stereocenters. The van der Waals surface area contributed by atoms with Gasteiger partial charge in [0.05, 0.1) is 23.6 Å². The van der Waals surface area contributed by atoms with Crippen LogP contribution in [0.1, 0.15) is 23.2 Å². The highest BCUT2D eigenvalue weighted by molar-refractivity contribution is 5.98. The summed E-state index contributed by atoms with van der Waals surface area (Å²) in [5, 5.41) is 9.26. The lowest BCUT2D eigenvalue weighted by Gasteiger charge is -2.35. The van der Waals surface area contributed by atoms with Gasteiger partial charge in [-0.25, -0.2) is 4.98 Å². The number of pyridine rings is 1. The van der Waals surface area contributed by atoms with E-state index in [1.165, 1.54) is 12.3 Å². The molecule has 6 nitrogen and oxygen atoms in total. The Hall–Kier alpha value is -1.82. The van der Waals surface area contributed by atoms with Crippen LogP contribution in [0, 0.1) is 5.92 Å². The Morgan fingerprint density at radius 1 is 1.61 bits per heavy atom. The van der Waals surface area contributed by atoms with Crippen molar-refractivity contribution in [1.29, 1.82) is 0 Å². The van der Waals surface area contributed by atoms with Crippen molar-refractivity contribution in [3.8, 4) is 0 Å². The zero-order valence-electron chi connectivity index (χ0n) is 10.3. The van der Waals surface area contributed by atoms with Crippen LogP contribution in [0.4, 0.5) is 11.5 Å². The monoisotopic (exact) mass is 250 g/mol. The number of carbonyl (C=O) groups excluding carboxylic acids is 1. The summed E-state index contributed by atoms with van der Waals surface area (Å²) in [5.41, 5.74) is 11.7. The van der Waals surface area contributed by atoms with E-state index in [0.717, 1.165) is 19.4 Å². The number of nitrogens with zero attached hydrogens (tertiary/aromatic N) is 2.